The summed E-state index contributed by atoms with van der Waals surface area (Å²) in [6.45, 7) is 1.49. The molecule has 0 unspecified atom stereocenters. The molecule has 2 aromatic carbocycles. The Morgan fingerprint density at radius 2 is 1.88 bits per heavy atom. The molecule has 0 amide bonds. The predicted molar refractivity (Wildman–Crippen MR) is 98.1 cm³/mol. The quantitative estimate of drug-likeness (QED) is 0.709. The van der Waals surface area contributed by atoms with Gasteiger partial charge in [0.15, 0.2) is 17.3 Å². The fourth-order valence-electron chi connectivity index (χ4n) is 3.18. The Labute approximate surface area is 150 Å². The molecule has 0 spiro atoms. The summed E-state index contributed by atoms with van der Waals surface area (Å²) in [4.78, 5) is 12.0. The number of nitrogens with one attached hydrogen (secondary N) is 1. The van der Waals surface area contributed by atoms with Crippen LogP contribution in [-0.2, 0) is 12.8 Å². The molecule has 6 heteroatoms. The summed E-state index contributed by atoms with van der Waals surface area (Å²) in [6, 6.07) is 13.6. The van der Waals surface area contributed by atoms with Crippen LogP contribution in [0.2, 0.25) is 5.02 Å². The number of fused-ring (bicyclic) bond motifs is 1. The molecule has 0 fully saturated rings. The van der Waals surface area contributed by atoms with E-state index in [2.05, 4.69) is 27.8 Å². The van der Waals surface area contributed by atoms with Gasteiger partial charge in [0, 0.05) is 17.6 Å². The molecule has 1 aromatic heterocycles. The molecule has 1 heterocycles. The highest BCUT2D eigenvalue weighted by molar-refractivity contribution is 6.30. The van der Waals surface area contributed by atoms with E-state index in [0.717, 1.165) is 24.2 Å². The van der Waals surface area contributed by atoms with Gasteiger partial charge in [0.2, 0.25) is 0 Å². The number of hydrogen-bond donors (Lipinski definition) is 1. The van der Waals surface area contributed by atoms with E-state index in [-0.39, 0.29) is 5.78 Å². The van der Waals surface area contributed by atoms with Crippen molar-refractivity contribution in [2.24, 2.45) is 0 Å². The highest BCUT2D eigenvalue weighted by Gasteiger charge is 2.19. The minimum Gasteiger partial charge on any atom is -0.338 e. The first-order valence-corrected chi connectivity index (χ1v) is 8.61. The maximum absolute atomic E-state index is 12.0. The molecule has 1 aliphatic carbocycles. The van der Waals surface area contributed by atoms with Gasteiger partial charge in [-0.25, -0.2) is 0 Å². The van der Waals surface area contributed by atoms with Crippen molar-refractivity contribution < 1.29 is 4.79 Å². The molecule has 5 nitrogen and oxygen atoms in total. The predicted octanol–water partition coefficient (Wildman–Crippen LogP) is 4.36. The van der Waals surface area contributed by atoms with Gasteiger partial charge in [0.05, 0.1) is 5.69 Å². The van der Waals surface area contributed by atoms with Crippen LogP contribution in [0.1, 0.15) is 35.0 Å². The molecular formula is C19H17ClN4O. The van der Waals surface area contributed by atoms with E-state index >= 15 is 0 Å². The van der Waals surface area contributed by atoms with Crippen molar-refractivity contribution in [3.05, 3.63) is 64.3 Å². The van der Waals surface area contributed by atoms with Crippen LogP contribution >= 0.6 is 11.6 Å². The second kappa shape index (κ2) is 6.33. The first-order chi connectivity index (χ1) is 12.1. The van der Waals surface area contributed by atoms with Crippen LogP contribution in [0, 0.1) is 0 Å². The van der Waals surface area contributed by atoms with E-state index in [4.69, 9.17) is 11.6 Å². The highest BCUT2D eigenvalue weighted by Crippen LogP contribution is 2.28. The number of rotatable bonds is 4. The Hall–Kier alpha value is -2.66. The number of carbonyl (C=O) groups excluding carboxylic acids is 1. The molecule has 0 aliphatic heterocycles. The number of aryl methyl sites for hydroxylation is 2. The number of hydrogen-bond acceptors (Lipinski definition) is 4. The van der Waals surface area contributed by atoms with Gasteiger partial charge in [-0.3, -0.25) is 4.79 Å². The van der Waals surface area contributed by atoms with Gasteiger partial charge in [-0.15, -0.1) is 5.10 Å². The summed E-state index contributed by atoms with van der Waals surface area (Å²) in [5, 5.41) is 12.2. The lowest BCUT2D eigenvalue weighted by atomic mass is 10.1. The van der Waals surface area contributed by atoms with Gasteiger partial charge in [-0.2, -0.15) is 4.68 Å². The van der Waals surface area contributed by atoms with Crippen LogP contribution in [0.25, 0.3) is 5.69 Å². The van der Waals surface area contributed by atoms with Gasteiger partial charge < -0.3 is 5.32 Å². The molecule has 1 aliphatic rings. The molecule has 0 atom stereocenters. The summed E-state index contributed by atoms with van der Waals surface area (Å²) >= 11 is 5.96. The van der Waals surface area contributed by atoms with Crippen LogP contribution < -0.4 is 5.32 Å². The van der Waals surface area contributed by atoms with Crippen molar-refractivity contribution in [3.8, 4) is 5.69 Å². The largest absolute Gasteiger partial charge is 0.338 e. The lowest BCUT2D eigenvalue weighted by Gasteiger charge is -2.11. The first-order valence-electron chi connectivity index (χ1n) is 8.23. The van der Waals surface area contributed by atoms with Gasteiger partial charge in [0.1, 0.15) is 0 Å². The summed E-state index contributed by atoms with van der Waals surface area (Å²) in [6.07, 6.45) is 3.43. The summed E-state index contributed by atoms with van der Waals surface area (Å²) in [5.41, 5.74) is 4.80. The monoisotopic (exact) mass is 352 g/mol. The van der Waals surface area contributed by atoms with Crippen molar-refractivity contribution >= 4 is 28.9 Å². The third kappa shape index (κ3) is 3.03. The van der Waals surface area contributed by atoms with Crippen molar-refractivity contribution in [2.75, 3.05) is 5.32 Å². The Balaban J connectivity index is 1.75. The van der Waals surface area contributed by atoms with Gasteiger partial charge in [-0.05, 0) is 66.8 Å². The van der Waals surface area contributed by atoms with Gasteiger partial charge >= 0.3 is 0 Å². The highest BCUT2D eigenvalue weighted by atomic mass is 35.5. The average Bonchev–Trinajstić information content (AvgIpc) is 3.22. The molecule has 0 radical (unpaired) electrons. The van der Waals surface area contributed by atoms with Gasteiger partial charge in [0.25, 0.3) is 0 Å². The number of carbonyl (C=O) groups is 1. The Morgan fingerprint density at radius 3 is 2.64 bits per heavy atom. The third-order valence-corrected chi connectivity index (χ3v) is 4.69. The van der Waals surface area contributed by atoms with E-state index in [9.17, 15) is 4.79 Å². The summed E-state index contributed by atoms with van der Waals surface area (Å²) in [5.74, 6) is 0.427. The Morgan fingerprint density at radius 1 is 1.12 bits per heavy atom. The fourth-order valence-corrected chi connectivity index (χ4v) is 3.31. The molecular weight excluding hydrogens is 336 g/mol. The number of nitrogens with zero attached hydrogens (tertiary/aromatic N) is 3. The molecule has 0 bridgehead atoms. The van der Waals surface area contributed by atoms with Gasteiger partial charge in [-0.1, -0.05) is 22.9 Å². The van der Waals surface area contributed by atoms with Crippen LogP contribution in [0.4, 0.5) is 11.5 Å². The van der Waals surface area contributed by atoms with Crippen LogP contribution in [0.15, 0.2) is 42.5 Å². The maximum atomic E-state index is 12.0. The van der Waals surface area contributed by atoms with E-state index < -0.39 is 0 Å². The zero-order chi connectivity index (χ0) is 17.4. The van der Waals surface area contributed by atoms with Crippen molar-refractivity contribution in [1.82, 2.24) is 15.0 Å². The lowest BCUT2D eigenvalue weighted by Crippen LogP contribution is -2.06. The minimum absolute atomic E-state index is 0.135. The third-order valence-electron chi connectivity index (χ3n) is 4.44. The maximum Gasteiger partial charge on any atom is 0.183 e. The lowest BCUT2D eigenvalue weighted by molar-refractivity contribution is 0.101. The number of ketones is 1. The summed E-state index contributed by atoms with van der Waals surface area (Å²) in [7, 11) is 0. The van der Waals surface area contributed by atoms with Crippen molar-refractivity contribution in [1.29, 1.82) is 0 Å². The second-order valence-corrected chi connectivity index (χ2v) is 6.63. The van der Waals surface area contributed by atoms with Crippen molar-refractivity contribution in [3.63, 3.8) is 0 Å². The number of Topliss-reactive ketones (excluding diaryl/α,β-unsaturated/α-hetero) is 1. The minimum atomic E-state index is -0.135. The van der Waals surface area contributed by atoms with E-state index in [1.54, 1.807) is 16.8 Å². The zero-order valence-electron chi connectivity index (χ0n) is 13.8. The Bertz CT molecular complexity index is 947. The number of benzene rings is 2. The summed E-state index contributed by atoms with van der Waals surface area (Å²) < 4.78 is 1.63. The zero-order valence-corrected chi connectivity index (χ0v) is 14.5. The van der Waals surface area contributed by atoms with E-state index in [1.807, 2.05) is 18.2 Å². The second-order valence-electron chi connectivity index (χ2n) is 6.19. The SMILES string of the molecule is CC(=O)c1nnn(-c2ccc(Cl)cc2)c1Nc1ccc2c(c1)CCC2. The van der Waals surface area contributed by atoms with Crippen LogP contribution in [0.5, 0.6) is 0 Å². The standard InChI is InChI=1S/C19H17ClN4O/c1-12(25)18-19(21-16-8-5-13-3-2-4-14(13)11-16)24(23-22-18)17-9-6-15(20)7-10-17/h5-11,21H,2-4H2,1H3. The molecule has 4 rings (SSSR count). The fraction of sp³-hybridized carbons (Fsp3) is 0.211. The van der Waals surface area contributed by atoms with Crippen LogP contribution in [0.3, 0.4) is 0 Å². The molecule has 25 heavy (non-hydrogen) atoms. The molecule has 0 saturated heterocycles. The van der Waals surface area contributed by atoms with E-state index in [0.29, 0.717) is 16.5 Å². The average molecular weight is 353 g/mol. The number of halogens is 1. The van der Waals surface area contributed by atoms with E-state index in [1.165, 1.54) is 24.5 Å². The molecule has 0 saturated carbocycles. The van der Waals surface area contributed by atoms with Crippen molar-refractivity contribution in [2.45, 2.75) is 26.2 Å². The molecule has 1 N–H and O–H groups in total. The van der Waals surface area contributed by atoms with Crippen LogP contribution in [-0.4, -0.2) is 20.8 Å². The smallest absolute Gasteiger partial charge is 0.183 e. The topological polar surface area (TPSA) is 59.8 Å². The molecule has 3 aromatic rings. The normalized spacial score (nSPS) is 12.9. The number of anilines is 2. The first kappa shape index (κ1) is 15.8. The number of aromatic nitrogens is 3. The Kier molecular flexibility index (Phi) is 4.01. The molecule has 126 valence electrons.